The summed E-state index contributed by atoms with van der Waals surface area (Å²) in [5.74, 6) is -0.467. The Hall–Kier alpha value is -1.26. The Labute approximate surface area is 95.5 Å². The van der Waals surface area contributed by atoms with Crippen molar-refractivity contribution in [2.45, 2.75) is 39.2 Å². The molecular formula is C10H19N3O3. The summed E-state index contributed by atoms with van der Waals surface area (Å²) in [6, 6.07) is -0.702. The monoisotopic (exact) mass is 229 g/mol. The Balaban J connectivity index is 3.91. The predicted molar refractivity (Wildman–Crippen MR) is 59.9 cm³/mol. The van der Waals surface area contributed by atoms with E-state index in [1.54, 1.807) is 0 Å². The molecule has 16 heavy (non-hydrogen) atoms. The van der Waals surface area contributed by atoms with Crippen LogP contribution in [-0.4, -0.2) is 31.8 Å². The van der Waals surface area contributed by atoms with Crippen LogP contribution in [0.25, 0.3) is 10.4 Å². The van der Waals surface area contributed by atoms with E-state index < -0.39 is 12.0 Å². The van der Waals surface area contributed by atoms with E-state index >= 15 is 0 Å². The van der Waals surface area contributed by atoms with Crippen molar-refractivity contribution >= 4 is 5.97 Å². The van der Waals surface area contributed by atoms with E-state index in [-0.39, 0.29) is 6.61 Å². The van der Waals surface area contributed by atoms with Gasteiger partial charge in [0, 0.05) is 11.5 Å². The van der Waals surface area contributed by atoms with Gasteiger partial charge in [-0.2, -0.15) is 0 Å². The molecule has 6 nitrogen and oxygen atoms in total. The van der Waals surface area contributed by atoms with E-state index in [2.05, 4.69) is 10.0 Å². The fourth-order valence-corrected chi connectivity index (χ4v) is 1.12. The minimum Gasteiger partial charge on any atom is -0.463 e. The van der Waals surface area contributed by atoms with Crippen molar-refractivity contribution in [3.8, 4) is 0 Å². The first-order chi connectivity index (χ1) is 7.76. The molecule has 0 N–H and O–H groups in total. The molecule has 92 valence electrons. The second-order valence-electron chi connectivity index (χ2n) is 3.23. The average Bonchev–Trinajstić information content (AvgIpc) is 2.29. The van der Waals surface area contributed by atoms with Crippen LogP contribution >= 0.6 is 0 Å². The summed E-state index contributed by atoms with van der Waals surface area (Å²) in [7, 11) is 0. The number of unbranched alkanes of at least 4 members (excludes halogenated alkanes) is 1. The molecule has 1 atom stereocenters. The van der Waals surface area contributed by atoms with Crippen molar-refractivity contribution in [1.29, 1.82) is 0 Å². The van der Waals surface area contributed by atoms with Crippen molar-refractivity contribution in [2.24, 2.45) is 5.11 Å². The average molecular weight is 229 g/mol. The first kappa shape index (κ1) is 14.7. The Bertz CT molecular complexity index is 239. The number of hydrogen-bond donors (Lipinski definition) is 0. The van der Waals surface area contributed by atoms with Crippen LogP contribution in [0.5, 0.6) is 0 Å². The van der Waals surface area contributed by atoms with Crippen LogP contribution in [0, 0.1) is 0 Å². The first-order valence-corrected chi connectivity index (χ1v) is 5.54. The number of ether oxygens (including phenoxy) is 2. The molecule has 0 amide bonds. The van der Waals surface area contributed by atoms with E-state index in [4.69, 9.17) is 15.0 Å². The summed E-state index contributed by atoms with van der Waals surface area (Å²) in [6.07, 6.45) is 2.32. The smallest absolute Gasteiger partial charge is 0.314 e. The lowest BCUT2D eigenvalue weighted by Crippen LogP contribution is -2.22. The van der Waals surface area contributed by atoms with Gasteiger partial charge >= 0.3 is 5.97 Å². The molecule has 0 aliphatic rings. The van der Waals surface area contributed by atoms with Gasteiger partial charge in [0.1, 0.15) is 12.6 Å². The molecule has 0 aromatic rings. The number of carbonyl (C=O) groups is 1. The highest BCUT2D eigenvalue weighted by Gasteiger charge is 2.17. The van der Waals surface area contributed by atoms with Gasteiger partial charge in [0.05, 0.1) is 6.61 Å². The number of hydrogen-bond acceptors (Lipinski definition) is 4. The summed E-state index contributed by atoms with van der Waals surface area (Å²) in [5, 5.41) is 3.43. The summed E-state index contributed by atoms with van der Waals surface area (Å²) in [4.78, 5) is 14.1. The van der Waals surface area contributed by atoms with Crippen LogP contribution in [0.15, 0.2) is 5.11 Å². The zero-order chi connectivity index (χ0) is 12.2. The molecule has 0 heterocycles. The Morgan fingerprint density at radius 1 is 1.44 bits per heavy atom. The highest BCUT2D eigenvalue weighted by atomic mass is 16.6. The maximum Gasteiger partial charge on any atom is 0.314 e. The summed E-state index contributed by atoms with van der Waals surface area (Å²) < 4.78 is 9.95. The number of nitrogens with zero attached hydrogens (tertiary/aromatic N) is 3. The molecule has 0 saturated heterocycles. The zero-order valence-corrected chi connectivity index (χ0v) is 9.89. The molecule has 0 radical (unpaired) electrons. The van der Waals surface area contributed by atoms with Gasteiger partial charge in [0.25, 0.3) is 0 Å². The molecule has 1 unspecified atom stereocenters. The minimum absolute atomic E-state index is 0.205. The molecule has 0 fully saturated rings. The van der Waals surface area contributed by atoms with Gasteiger partial charge < -0.3 is 9.47 Å². The number of carbonyl (C=O) groups excluding carboxylic acids is 1. The topological polar surface area (TPSA) is 84.3 Å². The SMILES string of the molecule is CCCCC(N=[N+]=[N-])C(=O)OCCOCC. The van der Waals surface area contributed by atoms with Crippen molar-refractivity contribution in [3.05, 3.63) is 10.4 Å². The zero-order valence-electron chi connectivity index (χ0n) is 9.89. The van der Waals surface area contributed by atoms with Gasteiger partial charge in [-0.1, -0.05) is 24.9 Å². The lowest BCUT2D eigenvalue weighted by atomic mass is 10.1. The maximum atomic E-state index is 11.5. The van der Waals surface area contributed by atoms with Crippen molar-refractivity contribution in [2.75, 3.05) is 19.8 Å². The molecule has 0 spiro atoms. The van der Waals surface area contributed by atoms with E-state index in [9.17, 15) is 4.79 Å². The van der Waals surface area contributed by atoms with Gasteiger partial charge in [-0.15, -0.1) is 0 Å². The quantitative estimate of drug-likeness (QED) is 0.200. The van der Waals surface area contributed by atoms with Crippen LogP contribution < -0.4 is 0 Å². The van der Waals surface area contributed by atoms with Crippen LogP contribution in [0.3, 0.4) is 0 Å². The predicted octanol–water partition coefficient (Wildman–Crippen LogP) is 2.44. The van der Waals surface area contributed by atoms with Gasteiger partial charge in [-0.25, -0.2) is 0 Å². The Morgan fingerprint density at radius 2 is 2.19 bits per heavy atom. The molecule has 0 saturated carbocycles. The van der Waals surface area contributed by atoms with E-state index in [1.807, 2.05) is 13.8 Å². The van der Waals surface area contributed by atoms with Crippen LogP contribution in [0.4, 0.5) is 0 Å². The van der Waals surface area contributed by atoms with E-state index in [0.29, 0.717) is 19.6 Å². The van der Waals surface area contributed by atoms with Crippen LogP contribution in [0.2, 0.25) is 0 Å². The second kappa shape index (κ2) is 10.3. The summed E-state index contributed by atoms with van der Waals surface area (Å²) >= 11 is 0. The van der Waals surface area contributed by atoms with E-state index in [0.717, 1.165) is 12.8 Å². The number of esters is 1. The normalized spacial score (nSPS) is 11.6. The summed E-state index contributed by atoms with van der Waals surface area (Å²) in [6.45, 7) is 5.04. The molecule has 0 aromatic heterocycles. The third kappa shape index (κ3) is 7.09. The van der Waals surface area contributed by atoms with Gasteiger partial charge in [0.15, 0.2) is 0 Å². The molecule has 6 heteroatoms. The lowest BCUT2D eigenvalue weighted by molar-refractivity contribution is -0.146. The fraction of sp³-hybridized carbons (Fsp3) is 0.900. The van der Waals surface area contributed by atoms with Crippen LogP contribution in [0.1, 0.15) is 33.1 Å². The lowest BCUT2D eigenvalue weighted by Gasteiger charge is -2.10. The van der Waals surface area contributed by atoms with Gasteiger partial charge in [-0.05, 0) is 18.9 Å². The number of azide groups is 1. The third-order valence-electron chi connectivity index (χ3n) is 1.97. The fourth-order valence-electron chi connectivity index (χ4n) is 1.12. The largest absolute Gasteiger partial charge is 0.463 e. The second-order valence-corrected chi connectivity index (χ2v) is 3.23. The molecule has 0 aliphatic carbocycles. The van der Waals surface area contributed by atoms with Crippen molar-refractivity contribution in [3.63, 3.8) is 0 Å². The highest BCUT2D eigenvalue weighted by Crippen LogP contribution is 2.07. The number of rotatable bonds is 9. The van der Waals surface area contributed by atoms with Crippen molar-refractivity contribution < 1.29 is 14.3 Å². The molecule has 0 bridgehead atoms. The molecule has 0 aromatic carbocycles. The Morgan fingerprint density at radius 3 is 2.75 bits per heavy atom. The maximum absolute atomic E-state index is 11.5. The molecular weight excluding hydrogens is 210 g/mol. The van der Waals surface area contributed by atoms with Crippen LogP contribution in [-0.2, 0) is 14.3 Å². The van der Waals surface area contributed by atoms with E-state index in [1.165, 1.54) is 0 Å². The molecule has 0 rings (SSSR count). The summed E-state index contributed by atoms with van der Waals surface area (Å²) in [5.41, 5.74) is 8.32. The Kier molecular flexibility index (Phi) is 9.46. The highest BCUT2D eigenvalue weighted by molar-refractivity contribution is 5.75. The third-order valence-corrected chi connectivity index (χ3v) is 1.97. The standard InChI is InChI=1S/C10H19N3O3/c1-3-5-6-9(12-13-11)10(14)16-8-7-15-4-2/h9H,3-8H2,1-2H3. The first-order valence-electron chi connectivity index (χ1n) is 5.54. The minimum atomic E-state index is -0.702. The molecule has 0 aliphatic heterocycles. The van der Waals surface area contributed by atoms with Crippen molar-refractivity contribution in [1.82, 2.24) is 0 Å². The van der Waals surface area contributed by atoms with Gasteiger partial charge in [0.2, 0.25) is 0 Å². The van der Waals surface area contributed by atoms with Gasteiger partial charge in [-0.3, -0.25) is 4.79 Å².